The van der Waals surface area contributed by atoms with E-state index in [4.69, 9.17) is 0 Å². The fourth-order valence-corrected chi connectivity index (χ4v) is 7.93. The van der Waals surface area contributed by atoms with Crippen molar-refractivity contribution in [3.05, 3.63) is 108 Å². The number of carboxylic acid groups (broad SMARTS) is 1. The molecule has 3 saturated heterocycles. The number of aromatic amines is 2. The predicted octanol–water partition coefficient (Wildman–Crippen LogP) is 6.47. The average Bonchev–Trinajstić information content (AvgIpc) is 4.03. The van der Waals surface area contributed by atoms with Crippen molar-refractivity contribution in [1.29, 1.82) is 0 Å². The van der Waals surface area contributed by atoms with Gasteiger partial charge in [0.2, 0.25) is 5.91 Å². The van der Waals surface area contributed by atoms with Crippen molar-refractivity contribution in [2.75, 3.05) is 19.6 Å². The number of imidazole rings is 2. The van der Waals surface area contributed by atoms with Gasteiger partial charge in [-0.25, -0.2) is 23.5 Å². The number of likely N-dealkylation sites (tertiary alicyclic amines) is 2. The molecule has 3 fully saturated rings. The fraction of sp³-hybridized carbons (Fsp3) is 0.325. The second-order valence-corrected chi connectivity index (χ2v) is 14.2. The number of H-pyrrole nitrogens is 2. The molecule has 0 aliphatic carbocycles. The molecule has 5 N–H and O–H groups in total. The summed E-state index contributed by atoms with van der Waals surface area (Å²) in [5.74, 6) is -2.17. The Hall–Kier alpha value is -5.89. The first-order chi connectivity index (χ1) is 26.1. The van der Waals surface area contributed by atoms with Crippen molar-refractivity contribution < 1.29 is 28.3 Å². The zero-order valence-electron chi connectivity index (χ0n) is 29.3. The SMILES string of the molecule is O=C(O)N[C@@H](C(=O)N1CCC[C@H]1c1ncc(-c2ccc(-c3ccc(-c4cnc([C@@H]5CCCN5C(=O)[C@@H]5CC(F)(F)CN5)[nH]4)cc3)cc2)[nH]1)c1ccccc1. The molecule has 3 aliphatic heterocycles. The number of benzene rings is 3. The zero-order chi connectivity index (χ0) is 37.4. The van der Waals surface area contributed by atoms with E-state index in [1.165, 1.54) is 0 Å². The van der Waals surface area contributed by atoms with Gasteiger partial charge in [-0.15, -0.1) is 0 Å². The minimum Gasteiger partial charge on any atom is -0.465 e. The third-order valence-corrected chi connectivity index (χ3v) is 10.7. The van der Waals surface area contributed by atoms with Crippen LogP contribution in [0.3, 0.4) is 0 Å². The average molecular weight is 735 g/mol. The first kappa shape index (κ1) is 35.2. The lowest BCUT2D eigenvalue weighted by atomic mass is 10.0. The van der Waals surface area contributed by atoms with Crippen LogP contribution in [-0.4, -0.2) is 84.3 Å². The highest BCUT2D eigenvalue weighted by atomic mass is 19.3. The zero-order valence-corrected chi connectivity index (χ0v) is 29.3. The fourth-order valence-electron chi connectivity index (χ4n) is 7.93. The number of hydrogen-bond donors (Lipinski definition) is 5. The number of carbonyl (C=O) groups is 3. The summed E-state index contributed by atoms with van der Waals surface area (Å²) >= 11 is 0. The molecule has 54 heavy (non-hydrogen) atoms. The number of alkyl halides is 2. The summed E-state index contributed by atoms with van der Waals surface area (Å²) in [5, 5.41) is 14.5. The van der Waals surface area contributed by atoms with Crippen LogP contribution in [0.25, 0.3) is 33.6 Å². The van der Waals surface area contributed by atoms with E-state index in [1.807, 2.05) is 54.6 Å². The molecule has 278 valence electrons. The van der Waals surface area contributed by atoms with Crippen LogP contribution in [0.2, 0.25) is 0 Å². The largest absolute Gasteiger partial charge is 0.465 e. The molecular weight excluding hydrogens is 694 g/mol. The van der Waals surface area contributed by atoms with E-state index in [-0.39, 0.29) is 23.9 Å². The predicted molar refractivity (Wildman–Crippen MR) is 196 cm³/mol. The van der Waals surface area contributed by atoms with Gasteiger partial charge in [0.05, 0.1) is 48.5 Å². The Labute approximate surface area is 310 Å². The number of nitrogens with one attached hydrogen (secondary N) is 4. The van der Waals surface area contributed by atoms with Gasteiger partial charge in [0.1, 0.15) is 17.7 Å². The summed E-state index contributed by atoms with van der Waals surface area (Å²) < 4.78 is 27.5. The van der Waals surface area contributed by atoms with Crippen LogP contribution in [0.5, 0.6) is 0 Å². The third-order valence-electron chi connectivity index (χ3n) is 10.7. The summed E-state index contributed by atoms with van der Waals surface area (Å²) in [6, 6.07) is 22.6. The summed E-state index contributed by atoms with van der Waals surface area (Å²) in [4.78, 5) is 57.7. The van der Waals surface area contributed by atoms with E-state index >= 15 is 0 Å². The van der Waals surface area contributed by atoms with Gasteiger partial charge in [-0.3, -0.25) is 14.9 Å². The van der Waals surface area contributed by atoms with E-state index < -0.39 is 37.1 Å². The Morgan fingerprint density at radius 3 is 1.80 bits per heavy atom. The van der Waals surface area contributed by atoms with E-state index in [1.54, 1.807) is 46.5 Å². The second-order valence-electron chi connectivity index (χ2n) is 14.2. The van der Waals surface area contributed by atoms with Crippen LogP contribution in [0.4, 0.5) is 13.6 Å². The summed E-state index contributed by atoms with van der Waals surface area (Å²) in [5.41, 5.74) is 6.10. The minimum absolute atomic E-state index is 0.279. The lowest BCUT2D eigenvalue weighted by Gasteiger charge is -2.28. The number of hydrogen-bond acceptors (Lipinski definition) is 6. The molecule has 0 spiro atoms. The third kappa shape index (κ3) is 7.08. The maximum atomic E-state index is 13.8. The Morgan fingerprint density at radius 2 is 1.28 bits per heavy atom. The minimum atomic E-state index is -2.87. The smallest absolute Gasteiger partial charge is 0.405 e. The number of halogens is 2. The van der Waals surface area contributed by atoms with Crippen LogP contribution in [0.15, 0.2) is 91.3 Å². The van der Waals surface area contributed by atoms with Crippen molar-refractivity contribution in [2.45, 2.75) is 62.2 Å². The Bertz CT molecular complexity index is 2140. The number of carbonyl (C=O) groups excluding carboxylic acids is 2. The molecule has 0 radical (unpaired) electrons. The van der Waals surface area contributed by atoms with Gasteiger partial charge >= 0.3 is 6.09 Å². The second kappa shape index (κ2) is 14.5. The van der Waals surface area contributed by atoms with Gasteiger partial charge in [-0.05, 0) is 53.5 Å². The lowest BCUT2D eigenvalue weighted by Crippen LogP contribution is -2.43. The van der Waals surface area contributed by atoms with Crippen molar-refractivity contribution in [1.82, 2.24) is 40.4 Å². The monoisotopic (exact) mass is 734 g/mol. The number of aromatic nitrogens is 4. The molecule has 3 aliphatic rings. The van der Waals surface area contributed by atoms with E-state index in [0.29, 0.717) is 36.7 Å². The van der Waals surface area contributed by atoms with Crippen molar-refractivity contribution in [3.8, 4) is 33.6 Å². The molecule has 3 aromatic carbocycles. The van der Waals surface area contributed by atoms with E-state index in [0.717, 1.165) is 52.9 Å². The van der Waals surface area contributed by atoms with E-state index in [2.05, 4.69) is 30.6 Å². The van der Waals surface area contributed by atoms with Crippen molar-refractivity contribution in [2.24, 2.45) is 0 Å². The Kier molecular flexibility index (Phi) is 9.44. The molecule has 4 atom stereocenters. The van der Waals surface area contributed by atoms with E-state index in [9.17, 15) is 28.3 Å². The quantitative estimate of drug-likeness (QED) is 0.116. The summed E-state index contributed by atoms with van der Waals surface area (Å²) in [6.07, 6.45) is 4.75. The molecule has 0 saturated carbocycles. The molecule has 2 aromatic heterocycles. The Morgan fingerprint density at radius 1 is 0.759 bits per heavy atom. The lowest BCUT2D eigenvalue weighted by molar-refractivity contribution is -0.135. The van der Waals surface area contributed by atoms with Gasteiger partial charge in [-0.1, -0.05) is 78.9 Å². The van der Waals surface area contributed by atoms with Crippen LogP contribution in [0.1, 0.15) is 67.4 Å². The molecule has 5 heterocycles. The molecule has 3 amide bonds. The number of rotatable bonds is 9. The molecule has 5 aromatic rings. The number of nitrogens with zero attached hydrogens (tertiary/aromatic N) is 4. The summed E-state index contributed by atoms with van der Waals surface area (Å²) in [7, 11) is 0. The van der Waals surface area contributed by atoms with Gasteiger partial charge < -0.3 is 30.2 Å². The highest BCUT2D eigenvalue weighted by molar-refractivity contribution is 5.87. The topological polar surface area (TPSA) is 159 Å². The molecular formula is C40H40F2N8O4. The van der Waals surface area contributed by atoms with Gasteiger partial charge in [0.25, 0.3) is 11.8 Å². The molecule has 0 unspecified atom stereocenters. The maximum absolute atomic E-state index is 13.8. The van der Waals surface area contributed by atoms with Crippen LogP contribution >= 0.6 is 0 Å². The molecule has 8 rings (SSSR count). The molecule has 14 heteroatoms. The Balaban J connectivity index is 0.922. The van der Waals surface area contributed by atoms with Crippen LogP contribution in [-0.2, 0) is 9.59 Å². The van der Waals surface area contributed by atoms with Gasteiger partial charge in [0.15, 0.2) is 0 Å². The normalized spacial score (nSPS) is 21.3. The first-order valence-electron chi connectivity index (χ1n) is 18.2. The molecule has 12 nitrogen and oxygen atoms in total. The standard InChI is InChI=1S/C40H40F2N8O4/c41-40(42)20-29(45-23-40)37(51)49-18-4-8-32(49)35-43-21-30(46-35)26-14-10-24(11-15-26)25-12-16-27(17-13-25)31-22-44-36(47-31)33-9-5-19-50(33)38(52)34(48-39(53)54)28-6-2-1-3-7-28/h1-3,6-7,10-17,21-22,29,32-34,45,48H,4-5,8-9,18-20,23H2,(H,43,46)(H,44,47)(H,53,54)/t29-,32-,33-,34+/m0/s1. The van der Waals surface area contributed by atoms with Gasteiger partial charge in [-0.2, -0.15) is 0 Å². The van der Waals surface area contributed by atoms with Crippen LogP contribution in [0, 0.1) is 0 Å². The number of amides is 3. The van der Waals surface area contributed by atoms with Gasteiger partial charge in [0, 0.05) is 19.5 Å². The van der Waals surface area contributed by atoms with Crippen molar-refractivity contribution >= 4 is 17.9 Å². The van der Waals surface area contributed by atoms with Crippen LogP contribution < -0.4 is 10.6 Å². The first-order valence-corrected chi connectivity index (χ1v) is 18.2. The highest BCUT2D eigenvalue weighted by Crippen LogP contribution is 2.36. The molecule has 0 bridgehead atoms. The highest BCUT2D eigenvalue weighted by Gasteiger charge is 2.45. The van der Waals surface area contributed by atoms with Crippen molar-refractivity contribution in [3.63, 3.8) is 0 Å². The summed E-state index contributed by atoms with van der Waals surface area (Å²) in [6.45, 7) is 0.543. The maximum Gasteiger partial charge on any atom is 0.405 e.